The third kappa shape index (κ3) is 6.44. The summed E-state index contributed by atoms with van der Waals surface area (Å²) in [5, 5.41) is 17.0. The summed E-state index contributed by atoms with van der Waals surface area (Å²) in [5.41, 5.74) is 0.215. The largest absolute Gasteiger partial charge is 0.494 e. The minimum absolute atomic E-state index is 0.0516. The standard InChI is InChI=1S/C20H17F2NO4/c21-20(22,16-6-10-17(11-7-16)26-14-2-1-13-23)27-18-8-3-15(4-9-18)5-12-19(24)25/h3-12H,1-2,14H2,(H,24,25). The Balaban J connectivity index is 1.99. The number of carboxylic acids is 1. The van der Waals surface area contributed by atoms with Gasteiger partial charge in [-0.05, 0) is 54.5 Å². The van der Waals surface area contributed by atoms with E-state index in [1.807, 2.05) is 6.07 Å². The summed E-state index contributed by atoms with van der Waals surface area (Å²) in [7, 11) is 0. The van der Waals surface area contributed by atoms with Crippen LogP contribution in [0.3, 0.4) is 0 Å². The maximum Gasteiger partial charge on any atom is 0.426 e. The second-order valence-electron chi connectivity index (χ2n) is 5.49. The Hall–Kier alpha value is -3.40. The summed E-state index contributed by atoms with van der Waals surface area (Å²) in [4.78, 5) is 10.5. The van der Waals surface area contributed by atoms with Gasteiger partial charge in [-0.25, -0.2) is 4.79 Å². The molecule has 0 radical (unpaired) electrons. The fourth-order valence-electron chi connectivity index (χ4n) is 2.11. The van der Waals surface area contributed by atoms with E-state index in [-0.39, 0.29) is 11.3 Å². The highest BCUT2D eigenvalue weighted by molar-refractivity contribution is 5.85. The van der Waals surface area contributed by atoms with Gasteiger partial charge in [0.2, 0.25) is 0 Å². The van der Waals surface area contributed by atoms with Crippen molar-refractivity contribution in [2.75, 3.05) is 6.61 Å². The Kier molecular flexibility index (Phi) is 6.89. The average Bonchev–Trinajstić information content (AvgIpc) is 2.65. The molecular weight excluding hydrogens is 356 g/mol. The Morgan fingerprint density at radius 3 is 2.33 bits per heavy atom. The second-order valence-corrected chi connectivity index (χ2v) is 5.49. The molecule has 0 aromatic heterocycles. The van der Waals surface area contributed by atoms with Crippen molar-refractivity contribution in [2.45, 2.75) is 19.0 Å². The zero-order valence-corrected chi connectivity index (χ0v) is 14.3. The first-order chi connectivity index (χ1) is 12.9. The maximum atomic E-state index is 14.3. The number of carboxylic acid groups (broad SMARTS) is 1. The molecule has 0 atom stereocenters. The van der Waals surface area contributed by atoms with Crippen molar-refractivity contribution in [3.05, 3.63) is 65.7 Å². The SMILES string of the molecule is N#CCCCOc1ccc(C(F)(F)Oc2ccc(C=CC(=O)O)cc2)cc1. The number of rotatable bonds is 9. The number of aliphatic carboxylic acids is 1. The van der Waals surface area contributed by atoms with Crippen LogP contribution in [0.4, 0.5) is 8.78 Å². The van der Waals surface area contributed by atoms with Crippen molar-refractivity contribution in [2.24, 2.45) is 0 Å². The Bertz CT molecular complexity index is 825. The minimum Gasteiger partial charge on any atom is -0.494 e. The fraction of sp³-hybridized carbons (Fsp3) is 0.200. The number of ether oxygens (including phenoxy) is 2. The maximum absolute atomic E-state index is 14.3. The van der Waals surface area contributed by atoms with E-state index in [9.17, 15) is 13.6 Å². The smallest absolute Gasteiger partial charge is 0.426 e. The molecule has 0 unspecified atom stereocenters. The number of halogens is 2. The number of nitriles is 1. The molecule has 2 rings (SSSR count). The first-order valence-electron chi connectivity index (χ1n) is 8.09. The van der Waals surface area contributed by atoms with Crippen LogP contribution in [0.2, 0.25) is 0 Å². The zero-order valence-electron chi connectivity index (χ0n) is 14.3. The lowest BCUT2D eigenvalue weighted by Crippen LogP contribution is -2.21. The van der Waals surface area contributed by atoms with Crippen LogP contribution in [0.25, 0.3) is 6.08 Å². The molecule has 0 saturated heterocycles. The van der Waals surface area contributed by atoms with Crippen molar-refractivity contribution >= 4 is 12.0 Å². The van der Waals surface area contributed by atoms with E-state index >= 15 is 0 Å². The molecule has 0 aliphatic rings. The molecule has 0 spiro atoms. The first-order valence-corrected chi connectivity index (χ1v) is 8.09. The van der Waals surface area contributed by atoms with Crippen molar-refractivity contribution < 1.29 is 28.2 Å². The van der Waals surface area contributed by atoms with Crippen LogP contribution in [-0.2, 0) is 10.9 Å². The molecule has 1 N–H and O–H groups in total. The van der Waals surface area contributed by atoms with Gasteiger partial charge in [0.15, 0.2) is 0 Å². The van der Waals surface area contributed by atoms with Crippen molar-refractivity contribution in [1.82, 2.24) is 0 Å². The number of unbranched alkanes of at least 4 members (excludes halogenated alkanes) is 1. The van der Waals surface area contributed by atoms with Gasteiger partial charge in [0, 0.05) is 12.5 Å². The van der Waals surface area contributed by atoms with Gasteiger partial charge >= 0.3 is 12.1 Å². The van der Waals surface area contributed by atoms with Gasteiger partial charge in [-0.15, -0.1) is 0 Å². The number of carbonyl (C=O) groups is 1. The summed E-state index contributed by atoms with van der Waals surface area (Å²) in [6, 6.07) is 12.9. The highest BCUT2D eigenvalue weighted by atomic mass is 19.3. The Morgan fingerprint density at radius 1 is 1.11 bits per heavy atom. The minimum atomic E-state index is -3.54. The summed E-state index contributed by atoms with van der Waals surface area (Å²) in [5.74, 6) is -0.717. The van der Waals surface area contributed by atoms with Crippen LogP contribution in [-0.4, -0.2) is 17.7 Å². The van der Waals surface area contributed by atoms with Crippen LogP contribution < -0.4 is 9.47 Å². The number of hydrogen-bond donors (Lipinski definition) is 1. The predicted molar refractivity (Wildman–Crippen MR) is 94.4 cm³/mol. The molecule has 2 aromatic carbocycles. The van der Waals surface area contributed by atoms with E-state index in [0.717, 1.165) is 6.08 Å². The van der Waals surface area contributed by atoms with Crippen LogP contribution in [0, 0.1) is 11.3 Å². The molecule has 0 fully saturated rings. The highest BCUT2D eigenvalue weighted by Crippen LogP contribution is 2.32. The lowest BCUT2D eigenvalue weighted by atomic mass is 10.2. The summed E-state index contributed by atoms with van der Waals surface area (Å²) >= 11 is 0. The van der Waals surface area contributed by atoms with E-state index in [4.69, 9.17) is 19.8 Å². The number of benzene rings is 2. The van der Waals surface area contributed by atoms with E-state index in [1.54, 1.807) is 0 Å². The summed E-state index contributed by atoms with van der Waals surface area (Å²) in [6.07, 6.45) is -0.310. The summed E-state index contributed by atoms with van der Waals surface area (Å²) in [6.45, 7) is 0.336. The van der Waals surface area contributed by atoms with Gasteiger partial charge in [0.05, 0.1) is 18.2 Å². The molecule has 140 valence electrons. The van der Waals surface area contributed by atoms with Gasteiger partial charge in [0.25, 0.3) is 0 Å². The fourth-order valence-corrected chi connectivity index (χ4v) is 2.11. The van der Waals surface area contributed by atoms with Gasteiger partial charge in [-0.2, -0.15) is 14.0 Å². The molecule has 7 heteroatoms. The molecule has 2 aromatic rings. The molecule has 0 bridgehead atoms. The molecule has 0 heterocycles. The van der Waals surface area contributed by atoms with Gasteiger partial charge in [0.1, 0.15) is 11.5 Å². The van der Waals surface area contributed by atoms with Gasteiger partial charge in [-0.1, -0.05) is 12.1 Å². The van der Waals surface area contributed by atoms with E-state index in [2.05, 4.69) is 0 Å². The van der Waals surface area contributed by atoms with Crippen LogP contribution in [0.5, 0.6) is 11.5 Å². The topological polar surface area (TPSA) is 79.5 Å². The third-order valence-corrected chi connectivity index (χ3v) is 3.44. The Labute approximate surface area is 155 Å². The van der Waals surface area contributed by atoms with Gasteiger partial charge < -0.3 is 14.6 Å². The summed E-state index contributed by atoms with van der Waals surface area (Å²) < 4.78 is 38.7. The first kappa shape index (κ1) is 19.9. The number of alkyl halides is 2. The van der Waals surface area contributed by atoms with Crippen molar-refractivity contribution in [1.29, 1.82) is 5.26 Å². The zero-order chi connectivity index (χ0) is 19.7. The molecular formula is C20H17F2NO4. The van der Waals surface area contributed by atoms with E-state index in [1.165, 1.54) is 54.6 Å². The highest BCUT2D eigenvalue weighted by Gasteiger charge is 2.34. The van der Waals surface area contributed by atoms with E-state index < -0.39 is 12.1 Å². The van der Waals surface area contributed by atoms with Crippen molar-refractivity contribution in [3.63, 3.8) is 0 Å². The normalized spacial score (nSPS) is 11.1. The molecule has 27 heavy (non-hydrogen) atoms. The van der Waals surface area contributed by atoms with Crippen LogP contribution in [0.15, 0.2) is 54.6 Å². The second kappa shape index (κ2) is 9.34. The molecule has 0 saturated carbocycles. The van der Waals surface area contributed by atoms with Crippen LogP contribution >= 0.6 is 0 Å². The van der Waals surface area contributed by atoms with Gasteiger partial charge in [-0.3, -0.25) is 0 Å². The number of nitrogens with zero attached hydrogens (tertiary/aromatic N) is 1. The predicted octanol–water partition coefficient (Wildman–Crippen LogP) is 4.60. The average molecular weight is 373 g/mol. The van der Waals surface area contributed by atoms with Crippen LogP contribution in [0.1, 0.15) is 24.0 Å². The van der Waals surface area contributed by atoms with E-state index in [0.29, 0.717) is 30.8 Å². The molecule has 0 aliphatic carbocycles. The molecule has 0 aliphatic heterocycles. The third-order valence-electron chi connectivity index (χ3n) is 3.44. The lowest BCUT2D eigenvalue weighted by Gasteiger charge is -2.18. The lowest BCUT2D eigenvalue weighted by molar-refractivity contribution is -0.185. The molecule has 0 amide bonds. The number of hydrogen-bond acceptors (Lipinski definition) is 4. The molecule has 5 nitrogen and oxygen atoms in total. The quantitative estimate of drug-likeness (QED) is 0.513. The van der Waals surface area contributed by atoms with Crippen molar-refractivity contribution in [3.8, 4) is 17.6 Å². The monoisotopic (exact) mass is 373 g/mol. The Morgan fingerprint density at radius 2 is 1.74 bits per heavy atom.